The van der Waals surface area contributed by atoms with Crippen LogP contribution in [0.15, 0.2) is 54.6 Å². The highest BCUT2D eigenvalue weighted by Crippen LogP contribution is 2.25. The van der Waals surface area contributed by atoms with Crippen LogP contribution < -0.4 is 0 Å². The smallest absolute Gasteiger partial charge is 0.416 e. The van der Waals surface area contributed by atoms with Crippen molar-refractivity contribution in [1.82, 2.24) is 4.90 Å². The third-order valence-electron chi connectivity index (χ3n) is 5.09. The van der Waals surface area contributed by atoms with E-state index in [-0.39, 0.29) is 19.4 Å². The molecule has 0 spiro atoms. The fraction of sp³-hybridized carbons (Fsp3) is 0.400. The fourth-order valence-electron chi connectivity index (χ4n) is 3.70. The van der Waals surface area contributed by atoms with Gasteiger partial charge in [0.05, 0.1) is 18.4 Å². The van der Waals surface area contributed by atoms with Crippen LogP contribution in [0.1, 0.15) is 38.3 Å². The molecule has 0 N–H and O–H groups in total. The number of rotatable bonds is 7. The molecule has 2 aromatic carbocycles. The number of hydrogen-bond acceptors (Lipinski definition) is 5. The van der Waals surface area contributed by atoms with Gasteiger partial charge in [0.25, 0.3) is 0 Å². The maximum absolute atomic E-state index is 13.5. The number of carbonyl (C=O) groups is 3. The van der Waals surface area contributed by atoms with Gasteiger partial charge in [0.1, 0.15) is 12.2 Å². The van der Waals surface area contributed by atoms with Gasteiger partial charge in [-0.05, 0) is 56.9 Å². The van der Waals surface area contributed by atoms with Crippen molar-refractivity contribution < 1.29 is 23.9 Å². The maximum Gasteiger partial charge on any atom is 0.416 e. The summed E-state index contributed by atoms with van der Waals surface area (Å²) >= 11 is 5.98. The monoisotopic (exact) mass is 457 g/mol. The molecule has 1 aliphatic rings. The molecule has 0 saturated carbocycles. The van der Waals surface area contributed by atoms with Crippen molar-refractivity contribution in [2.75, 3.05) is 6.61 Å². The quantitative estimate of drug-likeness (QED) is 0.557. The van der Waals surface area contributed by atoms with E-state index >= 15 is 0 Å². The molecule has 0 unspecified atom stereocenters. The SMILES string of the molecule is CC(C)(C)OC(=O)C[C@H](Cc1ccc(Cl)cc1)C(=O)N1C(=O)OC[C@H]1Cc1ccccc1. The van der Waals surface area contributed by atoms with Gasteiger partial charge in [0.15, 0.2) is 0 Å². The van der Waals surface area contributed by atoms with E-state index in [2.05, 4.69) is 0 Å². The molecule has 2 atom stereocenters. The first-order chi connectivity index (χ1) is 15.1. The van der Waals surface area contributed by atoms with E-state index in [0.29, 0.717) is 11.4 Å². The minimum absolute atomic E-state index is 0.125. The van der Waals surface area contributed by atoms with Crippen LogP contribution in [0.3, 0.4) is 0 Å². The van der Waals surface area contributed by atoms with Gasteiger partial charge in [-0.25, -0.2) is 9.69 Å². The number of cyclic esters (lactones) is 1. The van der Waals surface area contributed by atoms with Crippen molar-refractivity contribution in [1.29, 1.82) is 0 Å². The lowest BCUT2D eigenvalue weighted by molar-refractivity contribution is -0.158. The number of halogens is 1. The molecule has 0 aliphatic carbocycles. The number of esters is 1. The largest absolute Gasteiger partial charge is 0.460 e. The van der Waals surface area contributed by atoms with E-state index in [1.54, 1.807) is 32.9 Å². The molecule has 0 radical (unpaired) electrons. The topological polar surface area (TPSA) is 72.9 Å². The van der Waals surface area contributed by atoms with Crippen LogP contribution in [0.25, 0.3) is 0 Å². The number of benzene rings is 2. The van der Waals surface area contributed by atoms with Crippen LogP contribution in [0.4, 0.5) is 4.79 Å². The zero-order valence-electron chi connectivity index (χ0n) is 18.5. The lowest BCUT2D eigenvalue weighted by atomic mass is 9.93. The molecule has 32 heavy (non-hydrogen) atoms. The first kappa shape index (κ1) is 23.8. The van der Waals surface area contributed by atoms with Gasteiger partial charge in [-0.2, -0.15) is 0 Å². The summed E-state index contributed by atoms with van der Waals surface area (Å²) in [5, 5.41) is 0.579. The fourth-order valence-corrected chi connectivity index (χ4v) is 3.83. The number of nitrogens with zero attached hydrogens (tertiary/aromatic N) is 1. The average Bonchev–Trinajstić information content (AvgIpc) is 3.08. The van der Waals surface area contributed by atoms with E-state index in [4.69, 9.17) is 21.1 Å². The van der Waals surface area contributed by atoms with E-state index in [0.717, 1.165) is 16.0 Å². The third kappa shape index (κ3) is 6.57. The summed E-state index contributed by atoms with van der Waals surface area (Å²) < 4.78 is 10.6. The number of carbonyl (C=O) groups excluding carboxylic acids is 3. The summed E-state index contributed by atoms with van der Waals surface area (Å²) in [6.07, 6.45) is -0.0583. The Bertz CT molecular complexity index is 953. The molecule has 1 saturated heterocycles. The van der Waals surface area contributed by atoms with Crippen LogP contribution in [0.2, 0.25) is 5.02 Å². The van der Waals surface area contributed by atoms with Gasteiger partial charge >= 0.3 is 12.1 Å². The minimum Gasteiger partial charge on any atom is -0.460 e. The zero-order chi connectivity index (χ0) is 23.3. The number of amides is 2. The second kappa shape index (κ2) is 10.2. The predicted octanol–water partition coefficient (Wildman–Crippen LogP) is 4.82. The Kier molecular flexibility index (Phi) is 7.56. The van der Waals surface area contributed by atoms with Crippen LogP contribution >= 0.6 is 11.6 Å². The Morgan fingerprint density at radius 1 is 1.09 bits per heavy atom. The molecular weight excluding hydrogens is 430 g/mol. The first-order valence-electron chi connectivity index (χ1n) is 10.6. The molecule has 3 rings (SSSR count). The molecule has 6 nitrogen and oxygen atoms in total. The summed E-state index contributed by atoms with van der Waals surface area (Å²) in [6, 6.07) is 16.3. The van der Waals surface area contributed by atoms with Crippen molar-refractivity contribution in [3.8, 4) is 0 Å². The molecule has 1 aliphatic heterocycles. The van der Waals surface area contributed by atoms with E-state index < -0.39 is 35.5 Å². The molecule has 2 aromatic rings. The zero-order valence-corrected chi connectivity index (χ0v) is 19.3. The summed E-state index contributed by atoms with van der Waals surface area (Å²) in [5.74, 6) is -1.69. The molecule has 0 aromatic heterocycles. The van der Waals surface area contributed by atoms with Crippen molar-refractivity contribution in [2.24, 2.45) is 5.92 Å². The summed E-state index contributed by atoms with van der Waals surface area (Å²) in [5.41, 5.74) is 1.16. The van der Waals surface area contributed by atoms with Crippen LogP contribution in [0.5, 0.6) is 0 Å². The highest BCUT2D eigenvalue weighted by atomic mass is 35.5. The van der Waals surface area contributed by atoms with Gasteiger partial charge in [0, 0.05) is 5.02 Å². The molecule has 170 valence electrons. The van der Waals surface area contributed by atoms with Crippen LogP contribution in [-0.4, -0.2) is 41.1 Å². The molecule has 1 fully saturated rings. The van der Waals surface area contributed by atoms with E-state index in [1.165, 1.54) is 0 Å². The third-order valence-corrected chi connectivity index (χ3v) is 5.34. The second-order valence-corrected chi connectivity index (χ2v) is 9.38. The average molecular weight is 458 g/mol. The maximum atomic E-state index is 13.5. The molecule has 1 heterocycles. The Balaban J connectivity index is 1.82. The van der Waals surface area contributed by atoms with Gasteiger partial charge in [-0.1, -0.05) is 54.1 Å². The summed E-state index contributed by atoms with van der Waals surface area (Å²) in [4.78, 5) is 39.7. The molecule has 0 bridgehead atoms. The Morgan fingerprint density at radius 2 is 1.75 bits per heavy atom. The lowest BCUT2D eigenvalue weighted by Crippen LogP contribution is -2.45. The van der Waals surface area contributed by atoms with E-state index in [9.17, 15) is 14.4 Å². The Hall–Kier alpha value is -2.86. The number of hydrogen-bond donors (Lipinski definition) is 0. The Morgan fingerprint density at radius 3 is 2.38 bits per heavy atom. The van der Waals surface area contributed by atoms with Crippen molar-refractivity contribution in [3.05, 3.63) is 70.7 Å². The minimum atomic E-state index is -0.769. The highest BCUT2D eigenvalue weighted by Gasteiger charge is 2.41. The molecule has 7 heteroatoms. The first-order valence-corrected chi connectivity index (χ1v) is 11.0. The van der Waals surface area contributed by atoms with E-state index in [1.807, 2.05) is 42.5 Å². The lowest BCUT2D eigenvalue weighted by Gasteiger charge is -2.26. The number of ether oxygens (including phenoxy) is 2. The van der Waals surface area contributed by atoms with Gasteiger partial charge < -0.3 is 9.47 Å². The summed E-state index contributed by atoms with van der Waals surface area (Å²) in [6.45, 7) is 5.44. The predicted molar refractivity (Wildman–Crippen MR) is 121 cm³/mol. The van der Waals surface area contributed by atoms with Crippen LogP contribution in [0, 0.1) is 5.92 Å². The normalized spacial score (nSPS) is 17.1. The second-order valence-electron chi connectivity index (χ2n) is 8.95. The highest BCUT2D eigenvalue weighted by molar-refractivity contribution is 6.30. The molecule has 2 amide bonds. The standard InChI is InChI=1S/C25H28ClNO5/c1-25(2,3)32-22(28)15-19(13-18-9-11-20(26)12-10-18)23(29)27-21(16-31-24(27)30)14-17-7-5-4-6-8-17/h4-12,19,21H,13-16H2,1-3H3/t19-,21+/m0/s1. The Labute approximate surface area is 193 Å². The van der Waals surface area contributed by atoms with Crippen molar-refractivity contribution in [3.63, 3.8) is 0 Å². The number of imide groups is 1. The van der Waals surface area contributed by atoms with Crippen LogP contribution in [-0.2, 0) is 31.9 Å². The van der Waals surface area contributed by atoms with Crippen molar-refractivity contribution in [2.45, 2.75) is 51.7 Å². The van der Waals surface area contributed by atoms with Gasteiger partial charge in [-0.15, -0.1) is 0 Å². The van der Waals surface area contributed by atoms with Gasteiger partial charge in [-0.3, -0.25) is 9.59 Å². The van der Waals surface area contributed by atoms with Gasteiger partial charge in [0.2, 0.25) is 5.91 Å². The van der Waals surface area contributed by atoms with Crippen molar-refractivity contribution >= 4 is 29.6 Å². The summed E-state index contributed by atoms with van der Waals surface area (Å²) in [7, 11) is 0. The molecular formula is C25H28ClNO5.